The van der Waals surface area contributed by atoms with Crippen molar-refractivity contribution in [2.24, 2.45) is 0 Å². The molecule has 0 bridgehead atoms. The van der Waals surface area contributed by atoms with Gasteiger partial charge in [0.1, 0.15) is 23.9 Å². The van der Waals surface area contributed by atoms with Gasteiger partial charge in [-0.1, -0.05) is 31.0 Å². The Balaban J connectivity index is 1.57. The molecule has 0 spiro atoms. The summed E-state index contributed by atoms with van der Waals surface area (Å²) >= 11 is 0. The highest BCUT2D eigenvalue weighted by molar-refractivity contribution is 7.92. The zero-order chi connectivity index (χ0) is 24.3. The van der Waals surface area contributed by atoms with Gasteiger partial charge < -0.3 is 14.8 Å². The summed E-state index contributed by atoms with van der Waals surface area (Å²) in [5, 5.41) is 2.57. The molecule has 1 saturated heterocycles. The first-order valence-corrected chi connectivity index (χ1v) is 12.7. The number of likely N-dealkylation sites (tertiary alicyclic amines) is 1. The van der Waals surface area contributed by atoms with Gasteiger partial charge >= 0.3 is 0 Å². The van der Waals surface area contributed by atoms with Crippen LogP contribution >= 0.6 is 0 Å². The number of anilines is 1. The molecule has 1 N–H and O–H groups in total. The van der Waals surface area contributed by atoms with E-state index in [-0.39, 0.29) is 23.0 Å². The second-order valence-corrected chi connectivity index (χ2v) is 10.3. The molecule has 3 aromatic rings. The van der Waals surface area contributed by atoms with E-state index in [1.165, 1.54) is 6.20 Å². The predicted octanol–water partition coefficient (Wildman–Crippen LogP) is 3.73. The number of hydrogen-bond acceptors (Lipinski definition) is 4. The molecule has 1 aromatic heterocycles. The lowest BCUT2D eigenvalue weighted by Crippen LogP contribution is -2.34. The smallest absolute Gasteiger partial charge is 0.242 e. The van der Waals surface area contributed by atoms with Gasteiger partial charge in [-0.25, -0.2) is 17.2 Å². The quantitative estimate of drug-likeness (QED) is 0.572. The number of hydrogen-bond donors (Lipinski definition) is 1. The first-order chi connectivity index (χ1) is 16.2. The first-order valence-electron chi connectivity index (χ1n) is 11.1. The number of nitrogens with one attached hydrogen (secondary N) is 1. The van der Waals surface area contributed by atoms with Crippen LogP contribution in [0.1, 0.15) is 25.7 Å². The van der Waals surface area contributed by atoms with Crippen LogP contribution < -0.4 is 5.32 Å². The van der Waals surface area contributed by atoms with Crippen LogP contribution in [0, 0.1) is 11.6 Å². The molecule has 1 aliphatic heterocycles. The van der Waals surface area contributed by atoms with Crippen LogP contribution in [0.5, 0.6) is 0 Å². The Labute approximate surface area is 196 Å². The fraction of sp³-hybridized carbons (Fsp3) is 0.333. The number of sulfone groups is 1. The number of halogens is 2. The summed E-state index contributed by atoms with van der Waals surface area (Å²) < 4.78 is 54.7. The summed E-state index contributed by atoms with van der Waals surface area (Å²) in [6, 6.07) is 9.34. The number of nitrogens with zero attached hydrogens (tertiary/aromatic N) is 2. The molecule has 2 heterocycles. The lowest BCUT2D eigenvalue weighted by molar-refractivity contribution is -0.131. The highest BCUT2D eigenvalue weighted by Gasteiger charge is 2.26. The van der Waals surface area contributed by atoms with Gasteiger partial charge in [0.15, 0.2) is 9.84 Å². The van der Waals surface area contributed by atoms with E-state index >= 15 is 0 Å². The first kappa shape index (κ1) is 23.9. The maximum Gasteiger partial charge on any atom is 0.242 e. The number of fused-ring (bicyclic) bond motifs is 1. The number of amides is 2. The number of carbonyl (C=O) groups is 2. The summed E-state index contributed by atoms with van der Waals surface area (Å²) in [6.45, 7) is 1.36. The SMILES string of the molecule is O=C(CS(=O)(=O)c1cn(CC(=O)N2CCCCCC2)c2ccccc12)Nc1ccc(F)cc1F. The molecular weight excluding hydrogens is 464 g/mol. The molecule has 180 valence electrons. The van der Waals surface area contributed by atoms with Crippen LogP contribution in [0.15, 0.2) is 53.6 Å². The normalized spacial score (nSPS) is 14.7. The number of benzene rings is 2. The van der Waals surface area contributed by atoms with Gasteiger partial charge in [0.25, 0.3) is 0 Å². The minimum atomic E-state index is -4.13. The average Bonchev–Trinajstić information content (AvgIpc) is 2.95. The standard InChI is InChI=1S/C24H25F2N3O4S/c25-17-9-10-20(19(26)13-17)27-23(30)16-34(32,33)22-14-29(21-8-4-3-7-18(21)22)15-24(31)28-11-5-1-2-6-12-28/h3-4,7-10,13-14H,1-2,5-6,11-12,15-16H2,(H,27,30). The van der Waals surface area contributed by atoms with Crippen LogP contribution in [-0.2, 0) is 26.0 Å². The van der Waals surface area contributed by atoms with E-state index in [1.807, 2.05) is 0 Å². The van der Waals surface area contributed by atoms with Crippen molar-refractivity contribution in [2.45, 2.75) is 37.1 Å². The van der Waals surface area contributed by atoms with Crippen molar-refractivity contribution in [3.8, 4) is 0 Å². The second kappa shape index (κ2) is 9.92. The summed E-state index contributed by atoms with van der Waals surface area (Å²) in [7, 11) is -4.13. The van der Waals surface area contributed by atoms with Gasteiger partial charge in [0, 0.05) is 36.3 Å². The van der Waals surface area contributed by atoms with Crippen molar-refractivity contribution < 1.29 is 26.8 Å². The minimum absolute atomic E-state index is 0.0109. The summed E-state index contributed by atoms with van der Waals surface area (Å²) in [6.07, 6.45) is 5.44. The zero-order valence-corrected chi connectivity index (χ0v) is 19.3. The Bertz CT molecular complexity index is 1330. The third-order valence-electron chi connectivity index (χ3n) is 5.88. The topological polar surface area (TPSA) is 88.5 Å². The van der Waals surface area contributed by atoms with Crippen LogP contribution in [0.4, 0.5) is 14.5 Å². The fourth-order valence-corrected chi connectivity index (χ4v) is 5.55. The highest BCUT2D eigenvalue weighted by atomic mass is 32.2. The average molecular weight is 490 g/mol. The molecule has 4 rings (SSSR count). The molecule has 1 fully saturated rings. The zero-order valence-electron chi connectivity index (χ0n) is 18.5. The van der Waals surface area contributed by atoms with Gasteiger partial charge in [-0.2, -0.15) is 0 Å². The fourth-order valence-electron chi connectivity index (χ4n) is 4.19. The van der Waals surface area contributed by atoms with E-state index in [0.29, 0.717) is 30.1 Å². The van der Waals surface area contributed by atoms with E-state index in [2.05, 4.69) is 5.32 Å². The van der Waals surface area contributed by atoms with Crippen molar-refractivity contribution in [3.05, 3.63) is 60.3 Å². The van der Waals surface area contributed by atoms with E-state index in [1.54, 1.807) is 33.7 Å². The van der Waals surface area contributed by atoms with Crippen LogP contribution in [0.3, 0.4) is 0 Å². The molecule has 7 nitrogen and oxygen atoms in total. The summed E-state index contributed by atoms with van der Waals surface area (Å²) in [5.41, 5.74) is 0.251. The van der Waals surface area contributed by atoms with Crippen molar-refractivity contribution in [1.29, 1.82) is 0 Å². The number of rotatable bonds is 6. The molecule has 0 atom stereocenters. The third kappa shape index (κ3) is 5.27. The largest absolute Gasteiger partial charge is 0.341 e. The van der Waals surface area contributed by atoms with E-state index < -0.39 is 33.1 Å². The molecule has 0 unspecified atom stereocenters. The summed E-state index contributed by atoms with van der Waals surface area (Å²) in [5.74, 6) is -3.79. The molecule has 0 radical (unpaired) electrons. The van der Waals surface area contributed by atoms with Gasteiger partial charge in [0.05, 0.1) is 10.6 Å². The Morgan fingerprint density at radius 1 is 0.971 bits per heavy atom. The number of aromatic nitrogens is 1. The Kier molecular flexibility index (Phi) is 6.97. The third-order valence-corrected chi connectivity index (χ3v) is 7.52. The highest BCUT2D eigenvalue weighted by Crippen LogP contribution is 2.27. The van der Waals surface area contributed by atoms with E-state index in [9.17, 15) is 26.8 Å². The predicted molar refractivity (Wildman–Crippen MR) is 124 cm³/mol. The van der Waals surface area contributed by atoms with Crippen molar-refractivity contribution in [3.63, 3.8) is 0 Å². The van der Waals surface area contributed by atoms with Crippen LogP contribution in [0.25, 0.3) is 10.9 Å². The lowest BCUT2D eigenvalue weighted by Gasteiger charge is -2.20. The van der Waals surface area contributed by atoms with Crippen molar-refractivity contribution in [1.82, 2.24) is 9.47 Å². The van der Waals surface area contributed by atoms with Gasteiger partial charge in [-0.05, 0) is 31.0 Å². The van der Waals surface area contributed by atoms with Crippen LogP contribution in [-0.4, -0.2) is 48.5 Å². The monoisotopic (exact) mass is 489 g/mol. The Morgan fingerprint density at radius 3 is 2.38 bits per heavy atom. The van der Waals surface area contributed by atoms with Crippen LogP contribution in [0.2, 0.25) is 0 Å². The number of carbonyl (C=O) groups excluding carboxylic acids is 2. The minimum Gasteiger partial charge on any atom is -0.341 e. The molecule has 34 heavy (non-hydrogen) atoms. The number of para-hydroxylation sites is 1. The Morgan fingerprint density at radius 2 is 1.68 bits per heavy atom. The molecular formula is C24H25F2N3O4S. The van der Waals surface area contributed by atoms with Gasteiger partial charge in [0.2, 0.25) is 11.8 Å². The second-order valence-electron chi connectivity index (χ2n) is 8.36. The molecule has 2 amide bonds. The van der Waals surface area contributed by atoms with Crippen molar-refractivity contribution in [2.75, 3.05) is 24.2 Å². The van der Waals surface area contributed by atoms with E-state index in [0.717, 1.165) is 37.8 Å². The molecule has 2 aromatic carbocycles. The molecule has 0 saturated carbocycles. The van der Waals surface area contributed by atoms with E-state index in [4.69, 9.17) is 0 Å². The lowest BCUT2D eigenvalue weighted by atomic mass is 10.2. The molecule has 10 heteroatoms. The molecule has 0 aliphatic carbocycles. The maximum absolute atomic E-state index is 13.8. The van der Waals surface area contributed by atoms with Crippen molar-refractivity contribution >= 4 is 38.2 Å². The van der Waals surface area contributed by atoms with Gasteiger partial charge in [-0.3, -0.25) is 9.59 Å². The molecule has 1 aliphatic rings. The maximum atomic E-state index is 13.8. The summed E-state index contributed by atoms with van der Waals surface area (Å²) in [4.78, 5) is 27.0. The van der Waals surface area contributed by atoms with Gasteiger partial charge in [-0.15, -0.1) is 0 Å². The Hall–Kier alpha value is -3.27.